The van der Waals surface area contributed by atoms with E-state index in [-0.39, 0.29) is 5.91 Å². The number of nitrogens with zero attached hydrogens (tertiary/aromatic N) is 1. The van der Waals surface area contributed by atoms with Crippen LogP contribution < -0.4 is 11.1 Å². The van der Waals surface area contributed by atoms with E-state index < -0.39 is 0 Å². The second-order valence-corrected chi connectivity index (χ2v) is 4.57. The second kappa shape index (κ2) is 5.56. The van der Waals surface area contributed by atoms with Crippen molar-refractivity contribution in [1.82, 2.24) is 10.2 Å². The molecule has 0 radical (unpaired) electrons. The number of nitrogen functional groups attached to an aromatic ring is 1. The molecular weight excluding hydrogens is 240 g/mol. The Labute approximate surface area is 112 Å². The lowest BCUT2D eigenvalue weighted by Gasteiger charge is -2.06. The first-order chi connectivity index (χ1) is 9.10. The predicted molar refractivity (Wildman–Crippen MR) is 76.1 cm³/mol. The molecule has 0 atom stereocenters. The minimum Gasteiger partial charge on any atom is -0.398 e. The van der Waals surface area contributed by atoms with Crippen molar-refractivity contribution in [3.63, 3.8) is 0 Å². The molecule has 1 amide bonds. The summed E-state index contributed by atoms with van der Waals surface area (Å²) >= 11 is 0. The molecule has 0 saturated carbocycles. The predicted octanol–water partition coefficient (Wildman–Crippen LogP) is 2.51. The van der Waals surface area contributed by atoms with E-state index in [1.807, 2.05) is 19.1 Å². The Morgan fingerprint density at radius 3 is 2.95 bits per heavy atom. The normalized spacial score (nSPS) is 10.4. The molecular formula is C14H18N4O. The van der Waals surface area contributed by atoms with Crippen molar-refractivity contribution in [1.29, 1.82) is 0 Å². The standard InChI is InChI=1S/C14H18N4O/c1-3-4-10-8-13(18-17-10)16-14(19)11-7-9(2)5-6-12(11)15/h5-8H,3-4,15H2,1-2H3,(H2,16,17,18,19). The van der Waals surface area contributed by atoms with Gasteiger partial charge in [-0.3, -0.25) is 9.89 Å². The van der Waals surface area contributed by atoms with Crippen LogP contribution in [0.5, 0.6) is 0 Å². The van der Waals surface area contributed by atoms with Gasteiger partial charge in [0.05, 0.1) is 5.56 Å². The monoisotopic (exact) mass is 258 g/mol. The highest BCUT2D eigenvalue weighted by molar-refractivity contribution is 6.07. The quantitative estimate of drug-likeness (QED) is 0.737. The van der Waals surface area contributed by atoms with Gasteiger partial charge in [0, 0.05) is 17.4 Å². The van der Waals surface area contributed by atoms with Crippen LogP contribution >= 0.6 is 0 Å². The molecule has 1 aromatic carbocycles. The van der Waals surface area contributed by atoms with Gasteiger partial charge in [0.1, 0.15) is 0 Å². The first kappa shape index (κ1) is 13.1. The SMILES string of the molecule is CCCc1cc(NC(=O)c2cc(C)ccc2N)n[nH]1. The molecule has 0 unspecified atom stereocenters. The fourth-order valence-electron chi connectivity index (χ4n) is 1.87. The van der Waals surface area contributed by atoms with Gasteiger partial charge >= 0.3 is 0 Å². The van der Waals surface area contributed by atoms with E-state index in [0.29, 0.717) is 17.1 Å². The van der Waals surface area contributed by atoms with E-state index in [1.165, 1.54) is 0 Å². The molecule has 5 nitrogen and oxygen atoms in total. The summed E-state index contributed by atoms with van der Waals surface area (Å²) in [5, 5.41) is 9.69. The Hall–Kier alpha value is -2.30. The number of nitrogens with two attached hydrogens (primary N) is 1. The number of aromatic nitrogens is 2. The average Bonchev–Trinajstić information content (AvgIpc) is 2.80. The molecule has 1 aromatic heterocycles. The van der Waals surface area contributed by atoms with Crippen LogP contribution in [0.15, 0.2) is 24.3 Å². The number of H-pyrrole nitrogens is 1. The molecule has 0 bridgehead atoms. The van der Waals surface area contributed by atoms with Gasteiger partial charge in [0.15, 0.2) is 5.82 Å². The van der Waals surface area contributed by atoms with Gasteiger partial charge in [-0.1, -0.05) is 25.0 Å². The third kappa shape index (κ3) is 3.13. The van der Waals surface area contributed by atoms with E-state index >= 15 is 0 Å². The number of aryl methyl sites for hydroxylation is 2. The van der Waals surface area contributed by atoms with E-state index in [1.54, 1.807) is 12.1 Å². The van der Waals surface area contributed by atoms with Crippen molar-refractivity contribution in [2.75, 3.05) is 11.1 Å². The average molecular weight is 258 g/mol. The Kier molecular flexibility index (Phi) is 3.85. The lowest BCUT2D eigenvalue weighted by atomic mass is 10.1. The van der Waals surface area contributed by atoms with Gasteiger partial charge in [0.25, 0.3) is 5.91 Å². The summed E-state index contributed by atoms with van der Waals surface area (Å²) < 4.78 is 0. The summed E-state index contributed by atoms with van der Waals surface area (Å²) in [6.45, 7) is 4.01. The van der Waals surface area contributed by atoms with Crippen LogP contribution in [0.2, 0.25) is 0 Å². The maximum atomic E-state index is 12.1. The highest BCUT2D eigenvalue weighted by Crippen LogP contribution is 2.16. The Balaban J connectivity index is 2.13. The number of benzene rings is 1. The zero-order valence-corrected chi connectivity index (χ0v) is 11.2. The van der Waals surface area contributed by atoms with Crippen LogP contribution in [-0.4, -0.2) is 16.1 Å². The number of rotatable bonds is 4. The topological polar surface area (TPSA) is 83.8 Å². The molecule has 4 N–H and O–H groups in total. The van der Waals surface area contributed by atoms with Crippen LogP contribution in [0.4, 0.5) is 11.5 Å². The molecule has 2 rings (SSSR count). The zero-order valence-electron chi connectivity index (χ0n) is 11.2. The molecule has 1 heterocycles. The van der Waals surface area contributed by atoms with Crippen LogP contribution in [0.3, 0.4) is 0 Å². The molecule has 0 saturated heterocycles. The molecule has 0 aliphatic heterocycles. The van der Waals surface area contributed by atoms with Crippen molar-refractivity contribution in [2.24, 2.45) is 0 Å². The molecule has 0 aliphatic rings. The Bertz CT molecular complexity index is 589. The summed E-state index contributed by atoms with van der Waals surface area (Å²) in [5.74, 6) is 0.283. The van der Waals surface area contributed by atoms with Crippen molar-refractivity contribution >= 4 is 17.4 Å². The number of anilines is 2. The number of carbonyl (C=O) groups is 1. The largest absolute Gasteiger partial charge is 0.398 e. The maximum Gasteiger partial charge on any atom is 0.258 e. The van der Waals surface area contributed by atoms with Crippen LogP contribution in [-0.2, 0) is 6.42 Å². The van der Waals surface area contributed by atoms with Gasteiger partial charge < -0.3 is 11.1 Å². The van der Waals surface area contributed by atoms with Gasteiger partial charge in [-0.25, -0.2) is 0 Å². The first-order valence-electron chi connectivity index (χ1n) is 6.32. The first-order valence-corrected chi connectivity index (χ1v) is 6.32. The lowest BCUT2D eigenvalue weighted by molar-refractivity contribution is 0.102. The summed E-state index contributed by atoms with van der Waals surface area (Å²) in [4.78, 5) is 12.1. The number of amides is 1. The van der Waals surface area contributed by atoms with Gasteiger partial charge in [-0.2, -0.15) is 5.10 Å². The third-order valence-corrected chi connectivity index (χ3v) is 2.85. The number of aromatic amines is 1. The fraction of sp³-hybridized carbons (Fsp3) is 0.286. The smallest absolute Gasteiger partial charge is 0.258 e. The van der Waals surface area contributed by atoms with Crippen molar-refractivity contribution in [2.45, 2.75) is 26.7 Å². The van der Waals surface area contributed by atoms with Crippen LogP contribution in [0.1, 0.15) is 35.0 Å². The zero-order chi connectivity index (χ0) is 13.8. The van der Waals surface area contributed by atoms with E-state index in [0.717, 1.165) is 24.1 Å². The molecule has 19 heavy (non-hydrogen) atoms. The van der Waals surface area contributed by atoms with Gasteiger partial charge in [0.2, 0.25) is 0 Å². The number of nitrogens with one attached hydrogen (secondary N) is 2. The molecule has 2 aromatic rings. The maximum absolute atomic E-state index is 12.1. The molecule has 100 valence electrons. The summed E-state index contributed by atoms with van der Waals surface area (Å²) in [7, 11) is 0. The molecule has 5 heteroatoms. The highest BCUT2D eigenvalue weighted by Gasteiger charge is 2.11. The molecule has 0 aliphatic carbocycles. The van der Waals surface area contributed by atoms with E-state index in [4.69, 9.17) is 5.73 Å². The van der Waals surface area contributed by atoms with Crippen molar-refractivity contribution < 1.29 is 4.79 Å². The van der Waals surface area contributed by atoms with Gasteiger partial charge in [-0.15, -0.1) is 0 Å². The number of hydrogen-bond acceptors (Lipinski definition) is 3. The molecule has 0 fully saturated rings. The van der Waals surface area contributed by atoms with Gasteiger partial charge in [-0.05, 0) is 25.5 Å². The minimum absolute atomic E-state index is 0.240. The van der Waals surface area contributed by atoms with Crippen molar-refractivity contribution in [3.05, 3.63) is 41.1 Å². The number of hydrogen-bond donors (Lipinski definition) is 3. The Morgan fingerprint density at radius 2 is 2.21 bits per heavy atom. The van der Waals surface area contributed by atoms with Crippen LogP contribution in [0, 0.1) is 6.92 Å². The van der Waals surface area contributed by atoms with E-state index in [9.17, 15) is 4.79 Å². The fourth-order valence-corrected chi connectivity index (χ4v) is 1.87. The number of carbonyl (C=O) groups excluding carboxylic acids is 1. The minimum atomic E-state index is -0.240. The Morgan fingerprint density at radius 1 is 1.42 bits per heavy atom. The summed E-state index contributed by atoms with van der Waals surface area (Å²) in [6.07, 6.45) is 1.94. The van der Waals surface area contributed by atoms with E-state index in [2.05, 4.69) is 22.4 Å². The summed E-state index contributed by atoms with van der Waals surface area (Å²) in [5.41, 5.74) is 8.75. The lowest BCUT2D eigenvalue weighted by Crippen LogP contribution is -2.14. The third-order valence-electron chi connectivity index (χ3n) is 2.85. The second-order valence-electron chi connectivity index (χ2n) is 4.57. The van der Waals surface area contributed by atoms with Crippen molar-refractivity contribution in [3.8, 4) is 0 Å². The molecule has 0 spiro atoms. The summed E-state index contributed by atoms with van der Waals surface area (Å²) in [6, 6.07) is 7.22. The highest BCUT2D eigenvalue weighted by atomic mass is 16.1. The van der Waals surface area contributed by atoms with Crippen LogP contribution in [0.25, 0.3) is 0 Å².